The summed E-state index contributed by atoms with van der Waals surface area (Å²) in [6.45, 7) is 0. The second kappa shape index (κ2) is 3.77. The van der Waals surface area contributed by atoms with Crippen LogP contribution < -0.4 is 5.73 Å². The van der Waals surface area contributed by atoms with Gasteiger partial charge < -0.3 is 10.2 Å². The Morgan fingerprint density at radius 3 is 2.82 bits per heavy atom. The maximum Gasteiger partial charge on any atom is 0.200 e. The van der Waals surface area contributed by atoms with Crippen molar-refractivity contribution in [1.82, 2.24) is 4.98 Å². The number of oxazole rings is 1. The van der Waals surface area contributed by atoms with Crippen LogP contribution in [0.2, 0.25) is 0 Å². The Balaban J connectivity index is 2.10. The molecule has 1 aromatic heterocycles. The average molecular weight is 238 g/mol. The molecule has 1 aromatic carbocycles. The Kier molecular flexibility index (Phi) is 2.36. The zero-order chi connectivity index (χ0) is 12.0. The smallest absolute Gasteiger partial charge is 0.200 e. The summed E-state index contributed by atoms with van der Waals surface area (Å²) in [4.78, 5) is 4.10. The van der Waals surface area contributed by atoms with Gasteiger partial charge in [-0.3, -0.25) is 0 Å². The normalized spacial score (nSPS) is 24.6. The number of rotatable bonds is 1. The highest BCUT2D eigenvalue weighted by Crippen LogP contribution is 2.34. The summed E-state index contributed by atoms with van der Waals surface area (Å²) in [7, 11) is 0. The minimum Gasteiger partial charge on any atom is -0.440 e. The Morgan fingerprint density at radius 1 is 1.29 bits per heavy atom. The number of hydrogen-bond donors (Lipinski definition) is 1. The summed E-state index contributed by atoms with van der Waals surface area (Å²) in [5, 5.41) is 0. The number of hydrogen-bond acceptors (Lipinski definition) is 3. The molecule has 0 amide bonds. The van der Waals surface area contributed by atoms with E-state index in [0.29, 0.717) is 5.89 Å². The summed E-state index contributed by atoms with van der Waals surface area (Å²) in [5.41, 5.74) is 6.17. The Hall–Kier alpha value is -1.49. The largest absolute Gasteiger partial charge is 0.440 e. The van der Waals surface area contributed by atoms with Gasteiger partial charge in [0.05, 0.1) is 5.92 Å². The number of halogens is 2. The van der Waals surface area contributed by atoms with Gasteiger partial charge in [0.15, 0.2) is 17.3 Å². The lowest BCUT2D eigenvalue weighted by atomic mass is 10.1. The van der Waals surface area contributed by atoms with Gasteiger partial charge in [-0.05, 0) is 12.8 Å². The third-order valence-electron chi connectivity index (χ3n) is 3.32. The zero-order valence-corrected chi connectivity index (χ0v) is 9.12. The standard InChI is InChI=1S/C12H12F2N2O/c13-6-4-8(14)11-10(5-6)17-12(16-11)7-2-1-3-9(7)15/h4-5,7,9H,1-3,15H2. The molecule has 0 bridgehead atoms. The van der Waals surface area contributed by atoms with Crippen molar-refractivity contribution in [1.29, 1.82) is 0 Å². The second-order valence-corrected chi connectivity index (χ2v) is 4.49. The van der Waals surface area contributed by atoms with Crippen LogP contribution in [0.4, 0.5) is 8.78 Å². The van der Waals surface area contributed by atoms with Crippen molar-refractivity contribution in [3.05, 3.63) is 29.7 Å². The van der Waals surface area contributed by atoms with Gasteiger partial charge in [-0.15, -0.1) is 0 Å². The van der Waals surface area contributed by atoms with Gasteiger partial charge in [0, 0.05) is 18.2 Å². The summed E-state index contributed by atoms with van der Waals surface area (Å²) < 4.78 is 31.9. The number of fused-ring (bicyclic) bond motifs is 1. The molecule has 0 saturated heterocycles. The minimum atomic E-state index is -0.693. The highest BCUT2D eigenvalue weighted by atomic mass is 19.1. The van der Waals surface area contributed by atoms with E-state index >= 15 is 0 Å². The first kappa shape index (κ1) is 10.7. The molecular formula is C12H12F2N2O. The van der Waals surface area contributed by atoms with Gasteiger partial charge in [0.2, 0.25) is 0 Å². The highest BCUT2D eigenvalue weighted by Gasteiger charge is 2.30. The van der Waals surface area contributed by atoms with Gasteiger partial charge in [-0.25, -0.2) is 13.8 Å². The molecule has 90 valence electrons. The number of nitrogens with two attached hydrogens (primary N) is 1. The summed E-state index contributed by atoms with van der Waals surface area (Å²) >= 11 is 0. The molecule has 17 heavy (non-hydrogen) atoms. The lowest BCUT2D eigenvalue weighted by molar-refractivity contribution is 0.448. The Bertz CT molecular complexity index is 567. The molecule has 1 aliphatic rings. The van der Waals surface area contributed by atoms with E-state index in [1.54, 1.807) is 0 Å². The molecule has 1 heterocycles. The van der Waals surface area contributed by atoms with E-state index in [0.717, 1.165) is 31.4 Å². The predicted molar refractivity (Wildman–Crippen MR) is 58.5 cm³/mol. The number of benzene rings is 1. The van der Waals surface area contributed by atoms with Crippen LogP contribution in [0.5, 0.6) is 0 Å². The SMILES string of the molecule is NC1CCCC1c1nc2c(F)cc(F)cc2o1. The highest BCUT2D eigenvalue weighted by molar-refractivity contribution is 5.73. The lowest BCUT2D eigenvalue weighted by Crippen LogP contribution is -2.22. The van der Waals surface area contributed by atoms with Crippen molar-refractivity contribution >= 4 is 11.1 Å². The molecular weight excluding hydrogens is 226 g/mol. The molecule has 2 atom stereocenters. The van der Waals surface area contributed by atoms with Crippen LogP contribution in [0.3, 0.4) is 0 Å². The van der Waals surface area contributed by atoms with Crippen LogP contribution >= 0.6 is 0 Å². The van der Waals surface area contributed by atoms with Gasteiger partial charge >= 0.3 is 0 Å². The molecule has 1 saturated carbocycles. The first-order valence-corrected chi connectivity index (χ1v) is 5.66. The topological polar surface area (TPSA) is 52.0 Å². The van der Waals surface area contributed by atoms with E-state index in [1.165, 1.54) is 0 Å². The van der Waals surface area contributed by atoms with E-state index in [4.69, 9.17) is 10.2 Å². The molecule has 2 unspecified atom stereocenters. The maximum atomic E-state index is 13.5. The van der Waals surface area contributed by atoms with Crippen LogP contribution in [-0.4, -0.2) is 11.0 Å². The summed E-state index contributed by atoms with van der Waals surface area (Å²) in [6, 6.07) is 1.95. The summed E-state index contributed by atoms with van der Waals surface area (Å²) in [5.74, 6) is -0.908. The molecule has 3 rings (SSSR count). The van der Waals surface area contributed by atoms with Crippen molar-refractivity contribution in [2.75, 3.05) is 0 Å². The van der Waals surface area contributed by atoms with E-state index in [9.17, 15) is 8.78 Å². The molecule has 2 N–H and O–H groups in total. The molecule has 1 aliphatic carbocycles. The van der Waals surface area contributed by atoms with Crippen LogP contribution in [0.25, 0.3) is 11.1 Å². The lowest BCUT2D eigenvalue weighted by Gasteiger charge is -2.09. The van der Waals surface area contributed by atoms with Crippen molar-refractivity contribution in [2.24, 2.45) is 5.73 Å². The molecule has 0 spiro atoms. The fourth-order valence-corrected chi connectivity index (χ4v) is 2.43. The monoisotopic (exact) mass is 238 g/mol. The Morgan fingerprint density at radius 2 is 2.12 bits per heavy atom. The van der Waals surface area contributed by atoms with E-state index < -0.39 is 11.6 Å². The van der Waals surface area contributed by atoms with Gasteiger partial charge in [0.25, 0.3) is 0 Å². The van der Waals surface area contributed by atoms with Crippen LogP contribution in [0, 0.1) is 11.6 Å². The van der Waals surface area contributed by atoms with E-state index in [-0.39, 0.29) is 23.1 Å². The van der Waals surface area contributed by atoms with Crippen LogP contribution in [0.15, 0.2) is 16.5 Å². The molecule has 5 heteroatoms. The average Bonchev–Trinajstić information content (AvgIpc) is 2.83. The predicted octanol–water partition coefficient (Wildman–Crippen LogP) is 2.70. The fourth-order valence-electron chi connectivity index (χ4n) is 2.43. The number of aromatic nitrogens is 1. The van der Waals surface area contributed by atoms with Crippen LogP contribution in [0.1, 0.15) is 31.1 Å². The first-order chi connectivity index (χ1) is 8.15. The zero-order valence-electron chi connectivity index (χ0n) is 9.12. The minimum absolute atomic E-state index is 0.00373. The van der Waals surface area contributed by atoms with Gasteiger partial charge in [-0.1, -0.05) is 6.42 Å². The Labute approximate surface area is 96.6 Å². The summed E-state index contributed by atoms with van der Waals surface area (Å²) in [6.07, 6.45) is 2.82. The maximum absolute atomic E-state index is 13.5. The van der Waals surface area contributed by atoms with Crippen molar-refractivity contribution in [2.45, 2.75) is 31.2 Å². The third kappa shape index (κ3) is 1.70. The van der Waals surface area contributed by atoms with Crippen LogP contribution in [-0.2, 0) is 0 Å². The van der Waals surface area contributed by atoms with Crippen molar-refractivity contribution < 1.29 is 13.2 Å². The molecule has 3 nitrogen and oxygen atoms in total. The quantitative estimate of drug-likeness (QED) is 0.831. The van der Waals surface area contributed by atoms with Crippen molar-refractivity contribution in [3.63, 3.8) is 0 Å². The van der Waals surface area contributed by atoms with E-state index in [1.807, 2.05) is 0 Å². The van der Waals surface area contributed by atoms with Gasteiger partial charge in [0.1, 0.15) is 11.3 Å². The third-order valence-corrected chi connectivity index (χ3v) is 3.32. The first-order valence-electron chi connectivity index (χ1n) is 5.66. The van der Waals surface area contributed by atoms with Crippen molar-refractivity contribution in [3.8, 4) is 0 Å². The fraction of sp³-hybridized carbons (Fsp3) is 0.417. The number of nitrogens with zero attached hydrogens (tertiary/aromatic N) is 1. The second-order valence-electron chi connectivity index (χ2n) is 4.49. The molecule has 0 aliphatic heterocycles. The molecule has 2 aromatic rings. The molecule has 0 radical (unpaired) electrons. The molecule has 1 fully saturated rings. The van der Waals surface area contributed by atoms with Gasteiger partial charge in [-0.2, -0.15) is 0 Å². The van der Waals surface area contributed by atoms with E-state index in [2.05, 4.69) is 4.98 Å².